The summed E-state index contributed by atoms with van der Waals surface area (Å²) in [7, 11) is 0. The van der Waals surface area contributed by atoms with E-state index in [0.717, 1.165) is 53.0 Å². The Labute approximate surface area is 299 Å². The molecule has 2 aromatic carbocycles. The molecule has 272 valence electrons. The van der Waals surface area contributed by atoms with Gasteiger partial charge in [-0.3, -0.25) is 4.90 Å². The van der Waals surface area contributed by atoms with E-state index in [2.05, 4.69) is 19.9 Å². The lowest BCUT2D eigenvalue weighted by Gasteiger charge is -2.27. The fourth-order valence-corrected chi connectivity index (χ4v) is 5.98. The van der Waals surface area contributed by atoms with E-state index in [0.29, 0.717) is 24.6 Å². The van der Waals surface area contributed by atoms with Crippen LogP contribution in [0.4, 0.5) is 9.59 Å². The molecule has 0 saturated carbocycles. The summed E-state index contributed by atoms with van der Waals surface area (Å²) < 4.78 is 16.5. The number of benzene rings is 2. The molecule has 2 aromatic heterocycles. The molecule has 4 aromatic rings. The van der Waals surface area contributed by atoms with E-state index in [1.54, 1.807) is 22.9 Å². The molecule has 0 unspecified atom stereocenters. The molecular weight excluding hydrogens is 648 g/mol. The second kappa shape index (κ2) is 15.4. The molecule has 51 heavy (non-hydrogen) atoms. The molecule has 2 amide bonds. The van der Waals surface area contributed by atoms with Crippen molar-refractivity contribution in [3.8, 4) is 33.6 Å². The molecule has 3 heterocycles. The second-order valence-corrected chi connectivity index (χ2v) is 14.7. The third-order valence-corrected chi connectivity index (χ3v) is 8.20. The monoisotopic (exact) mass is 698 g/mol. The van der Waals surface area contributed by atoms with Crippen LogP contribution in [-0.2, 0) is 20.8 Å². The van der Waals surface area contributed by atoms with E-state index < -0.39 is 23.3 Å². The Morgan fingerprint density at radius 2 is 1.47 bits per heavy atom. The van der Waals surface area contributed by atoms with Gasteiger partial charge in [0.05, 0.1) is 36.8 Å². The third-order valence-electron chi connectivity index (χ3n) is 8.20. The number of ether oxygens (including phenoxy) is 3. The van der Waals surface area contributed by atoms with E-state index in [4.69, 9.17) is 14.2 Å². The summed E-state index contributed by atoms with van der Waals surface area (Å²) >= 11 is 0. The Morgan fingerprint density at radius 3 is 2.06 bits per heavy atom. The topological polar surface area (TPSA) is 143 Å². The Morgan fingerprint density at radius 1 is 0.863 bits per heavy atom. The zero-order valence-electron chi connectivity index (χ0n) is 31.0. The van der Waals surface area contributed by atoms with Gasteiger partial charge in [-0.05, 0) is 84.4 Å². The highest BCUT2D eigenvalue weighted by Crippen LogP contribution is 2.34. The summed E-state index contributed by atoms with van der Waals surface area (Å²) in [6.45, 7) is 16.3. The maximum absolute atomic E-state index is 13.0. The second-order valence-electron chi connectivity index (χ2n) is 14.7. The predicted molar refractivity (Wildman–Crippen MR) is 195 cm³/mol. The first kappa shape index (κ1) is 37.1. The van der Waals surface area contributed by atoms with Gasteiger partial charge in [0.15, 0.2) is 5.69 Å². The molecule has 0 radical (unpaired) electrons. The van der Waals surface area contributed by atoms with E-state index >= 15 is 0 Å². The molecule has 0 spiro atoms. The average molecular weight is 699 g/mol. The normalized spacial score (nSPS) is 14.7. The summed E-state index contributed by atoms with van der Waals surface area (Å²) in [5.74, 6) is 0.668. The first-order chi connectivity index (χ1) is 24.2. The number of H-pyrrole nitrogens is 2. The van der Waals surface area contributed by atoms with Crippen LogP contribution in [0.5, 0.6) is 0 Å². The smallest absolute Gasteiger partial charge is 0.410 e. The molecule has 1 saturated heterocycles. The highest BCUT2D eigenvalue weighted by Gasteiger charge is 2.35. The number of nitrogens with zero attached hydrogens (tertiary/aromatic N) is 4. The highest BCUT2D eigenvalue weighted by molar-refractivity contribution is 5.94. The van der Waals surface area contributed by atoms with Gasteiger partial charge in [-0.15, -0.1) is 0 Å². The van der Waals surface area contributed by atoms with Crippen LogP contribution in [-0.4, -0.2) is 78.8 Å². The number of amides is 2. The summed E-state index contributed by atoms with van der Waals surface area (Å²) in [6, 6.07) is 15.9. The molecule has 1 atom stereocenters. The van der Waals surface area contributed by atoms with Gasteiger partial charge >= 0.3 is 18.2 Å². The standard InChI is InChI=1S/C39H50N6O6/c1-9-21-44(36(47)50-38(3,4)5)24-31-42-32(33(43-31)35(46)49-10-2)28-19-15-26(16-20-28)25-13-17-27(18-14-25)29-23-40-34(41-29)30-12-11-22-45(30)37(48)51-39(6,7)8/h13-20,23,30H,9-12,21-22,24H2,1-8H3,(H,40,41)(H,42,43)/t30-/m0/s1. The van der Waals surface area contributed by atoms with Gasteiger partial charge in [-0.2, -0.15) is 0 Å². The van der Waals surface area contributed by atoms with Crippen LogP contribution in [0.1, 0.15) is 103 Å². The van der Waals surface area contributed by atoms with Crippen LogP contribution in [0.3, 0.4) is 0 Å². The van der Waals surface area contributed by atoms with E-state index in [1.807, 2.05) is 97.0 Å². The lowest BCUT2D eigenvalue weighted by molar-refractivity contribution is 0.0212. The predicted octanol–water partition coefficient (Wildman–Crippen LogP) is 8.53. The molecule has 1 fully saturated rings. The van der Waals surface area contributed by atoms with Crippen LogP contribution in [0.2, 0.25) is 0 Å². The largest absolute Gasteiger partial charge is 0.461 e. The van der Waals surface area contributed by atoms with Crippen molar-refractivity contribution in [2.45, 2.75) is 98.4 Å². The van der Waals surface area contributed by atoms with Crippen molar-refractivity contribution in [2.24, 2.45) is 0 Å². The maximum Gasteiger partial charge on any atom is 0.410 e. The molecular formula is C39H50N6O6. The first-order valence-corrected chi connectivity index (χ1v) is 17.7. The number of carbonyl (C=O) groups is 3. The number of aromatic amines is 2. The van der Waals surface area contributed by atoms with Crippen LogP contribution in [0, 0.1) is 0 Å². The number of likely N-dealkylation sites (tertiary alicyclic amines) is 1. The van der Waals surface area contributed by atoms with Gasteiger partial charge in [-0.1, -0.05) is 55.5 Å². The molecule has 0 bridgehead atoms. The SMILES string of the molecule is CCCN(Cc1nc(C(=O)OCC)c(-c2ccc(-c3ccc(-c4cnc([C@@H]5CCCN5C(=O)OC(C)(C)C)[nH]4)cc3)cc2)[nH]1)C(=O)OC(C)(C)C. The number of hydrogen-bond donors (Lipinski definition) is 2. The fourth-order valence-electron chi connectivity index (χ4n) is 5.98. The molecule has 12 heteroatoms. The van der Waals surface area contributed by atoms with Gasteiger partial charge in [0.1, 0.15) is 22.9 Å². The van der Waals surface area contributed by atoms with Gasteiger partial charge in [0, 0.05) is 18.7 Å². The highest BCUT2D eigenvalue weighted by atomic mass is 16.6. The minimum absolute atomic E-state index is 0.151. The molecule has 2 N–H and O–H groups in total. The van der Waals surface area contributed by atoms with Gasteiger partial charge in [-0.25, -0.2) is 24.4 Å². The fraction of sp³-hybridized carbons (Fsp3) is 0.462. The van der Waals surface area contributed by atoms with Gasteiger partial charge in [0.25, 0.3) is 0 Å². The lowest BCUT2D eigenvalue weighted by atomic mass is 10.0. The zero-order valence-corrected chi connectivity index (χ0v) is 31.0. The quantitative estimate of drug-likeness (QED) is 0.124. The number of hydrogen-bond acceptors (Lipinski definition) is 8. The van der Waals surface area contributed by atoms with Crippen LogP contribution >= 0.6 is 0 Å². The van der Waals surface area contributed by atoms with Crippen LogP contribution in [0.15, 0.2) is 54.7 Å². The van der Waals surface area contributed by atoms with Gasteiger partial charge in [0.2, 0.25) is 0 Å². The summed E-state index contributed by atoms with van der Waals surface area (Å²) in [6.07, 6.45) is 3.50. The Hall–Kier alpha value is -5.13. The van der Waals surface area contributed by atoms with Crippen LogP contribution < -0.4 is 0 Å². The summed E-state index contributed by atoms with van der Waals surface area (Å²) in [5.41, 5.74) is 4.09. The minimum atomic E-state index is -0.639. The molecule has 0 aliphatic carbocycles. The Bertz CT molecular complexity index is 1810. The molecule has 12 nitrogen and oxygen atoms in total. The third kappa shape index (κ3) is 9.36. The number of nitrogens with one attached hydrogen (secondary N) is 2. The van der Waals surface area contributed by atoms with Crippen molar-refractivity contribution < 1.29 is 28.6 Å². The number of esters is 1. The Kier molecular flexibility index (Phi) is 11.2. The molecule has 1 aliphatic heterocycles. The number of imidazole rings is 2. The number of rotatable bonds is 10. The Balaban J connectivity index is 1.32. The van der Waals surface area contributed by atoms with Crippen molar-refractivity contribution in [1.82, 2.24) is 29.7 Å². The van der Waals surface area contributed by atoms with E-state index in [1.165, 1.54) is 0 Å². The van der Waals surface area contributed by atoms with E-state index in [9.17, 15) is 14.4 Å². The van der Waals surface area contributed by atoms with Crippen LogP contribution in [0.25, 0.3) is 33.6 Å². The van der Waals surface area contributed by atoms with Crippen molar-refractivity contribution in [3.05, 3.63) is 72.1 Å². The number of carbonyl (C=O) groups excluding carboxylic acids is 3. The zero-order chi connectivity index (χ0) is 36.9. The lowest BCUT2D eigenvalue weighted by Crippen LogP contribution is -2.37. The van der Waals surface area contributed by atoms with Crippen molar-refractivity contribution >= 4 is 18.2 Å². The van der Waals surface area contributed by atoms with Gasteiger partial charge < -0.3 is 29.1 Å². The average Bonchev–Trinajstić information content (AvgIpc) is 3.83. The number of aromatic nitrogens is 4. The van der Waals surface area contributed by atoms with Crippen molar-refractivity contribution in [3.63, 3.8) is 0 Å². The molecule has 5 rings (SSSR count). The van der Waals surface area contributed by atoms with Crippen molar-refractivity contribution in [2.75, 3.05) is 19.7 Å². The maximum atomic E-state index is 13.0. The van der Waals surface area contributed by atoms with Crippen molar-refractivity contribution in [1.29, 1.82) is 0 Å². The van der Waals surface area contributed by atoms with E-state index in [-0.39, 0.29) is 31.0 Å². The summed E-state index contributed by atoms with van der Waals surface area (Å²) in [5, 5.41) is 0. The molecule has 1 aliphatic rings. The minimum Gasteiger partial charge on any atom is -0.461 e. The summed E-state index contributed by atoms with van der Waals surface area (Å²) in [4.78, 5) is 57.9. The first-order valence-electron chi connectivity index (χ1n) is 17.7.